The lowest BCUT2D eigenvalue weighted by atomic mass is 9.78. The van der Waals surface area contributed by atoms with Gasteiger partial charge in [0, 0.05) is 45.7 Å². The highest BCUT2D eigenvalue weighted by Crippen LogP contribution is 2.33. The summed E-state index contributed by atoms with van der Waals surface area (Å²) >= 11 is 0. The minimum absolute atomic E-state index is 0. The van der Waals surface area contributed by atoms with Crippen LogP contribution in [0.15, 0.2) is 30.3 Å². The van der Waals surface area contributed by atoms with E-state index in [1.807, 2.05) is 6.92 Å². The number of hydrogen-bond acceptors (Lipinski definition) is 6. The maximum absolute atomic E-state index is 12.7. The summed E-state index contributed by atoms with van der Waals surface area (Å²) in [6, 6.07) is 11.3. The minimum Gasteiger partial charge on any atom is -0.464 e. The van der Waals surface area contributed by atoms with E-state index in [-0.39, 0.29) is 49.1 Å². The van der Waals surface area contributed by atoms with E-state index in [0.29, 0.717) is 31.7 Å². The van der Waals surface area contributed by atoms with Crippen molar-refractivity contribution in [3.05, 3.63) is 35.9 Å². The first kappa shape index (κ1) is 33.9. The number of rotatable bonds is 7. The van der Waals surface area contributed by atoms with Crippen molar-refractivity contribution >= 4 is 49.1 Å². The van der Waals surface area contributed by atoms with Crippen LogP contribution in [-0.4, -0.2) is 83.7 Å². The Hall–Kier alpha value is -1.09. The van der Waals surface area contributed by atoms with E-state index < -0.39 is 5.54 Å². The number of hydrogen-bond donors (Lipinski definition) is 1. The molecule has 1 amide bonds. The van der Waals surface area contributed by atoms with Crippen molar-refractivity contribution in [2.45, 2.75) is 83.1 Å². The molecular weight excluding hydrogens is 535 g/mol. The molecule has 10 heteroatoms. The molecule has 4 rings (SSSR count). The lowest BCUT2D eigenvalue weighted by Crippen LogP contribution is -2.61. The van der Waals surface area contributed by atoms with E-state index in [4.69, 9.17) is 4.74 Å². The lowest BCUT2D eigenvalue weighted by molar-refractivity contribution is -0.155. The molecule has 0 bridgehead atoms. The molecule has 0 radical (unpaired) electrons. The van der Waals surface area contributed by atoms with Crippen LogP contribution in [0, 0.1) is 0 Å². The van der Waals surface area contributed by atoms with Gasteiger partial charge in [0.2, 0.25) is 5.91 Å². The molecule has 1 aromatic rings. The first-order chi connectivity index (χ1) is 16.5. The van der Waals surface area contributed by atoms with Gasteiger partial charge in [-0.15, -0.1) is 37.2 Å². The lowest BCUT2D eigenvalue weighted by Gasteiger charge is -2.49. The number of likely N-dealkylation sites (tertiary alicyclic amines) is 1. The van der Waals surface area contributed by atoms with Crippen molar-refractivity contribution in [3.63, 3.8) is 0 Å². The van der Waals surface area contributed by atoms with Crippen LogP contribution in [0.5, 0.6) is 0 Å². The maximum Gasteiger partial charge on any atom is 0.331 e. The molecule has 1 unspecified atom stereocenters. The van der Waals surface area contributed by atoms with Crippen molar-refractivity contribution in [1.29, 1.82) is 0 Å². The van der Waals surface area contributed by atoms with Crippen LogP contribution in [0.2, 0.25) is 0 Å². The highest BCUT2D eigenvalue weighted by molar-refractivity contribution is 5.87. The number of esters is 1. The second-order valence-electron chi connectivity index (χ2n) is 10.2. The molecule has 3 fully saturated rings. The van der Waals surface area contributed by atoms with Gasteiger partial charge in [0.05, 0.1) is 12.8 Å². The number of piperazine rings is 1. The highest BCUT2D eigenvalue weighted by atomic mass is 35.5. The second-order valence-corrected chi connectivity index (χ2v) is 10.2. The molecular formula is C27H45Cl3N4O3. The SMILES string of the molecule is CCOC(=O)[C@]1(NC(C)=O)CC[C@@H](N2CCN(C3CCCCN3Cc3ccccc3)CC2)CC1.Cl.Cl.Cl. The Labute approximate surface area is 241 Å². The first-order valence-corrected chi connectivity index (χ1v) is 13.2. The van der Waals surface area contributed by atoms with Gasteiger partial charge in [-0.25, -0.2) is 4.79 Å². The number of nitrogens with zero attached hydrogens (tertiary/aromatic N) is 3. The second kappa shape index (κ2) is 16.1. The van der Waals surface area contributed by atoms with Crippen molar-refractivity contribution in [2.24, 2.45) is 0 Å². The normalized spacial score (nSPS) is 27.1. The molecule has 2 saturated heterocycles. The fourth-order valence-electron chi connectivity index (χ4n) is 6.24. The number of carbonyl (C=O) groups excluding carboxylic acids is 2. The molecule has 1 aromatic carbocycles. The average Bonchev–Trinajstić information content (AvgIpc) is 2.85. The summed E-state index contributed by atoms with van der Waals surface area (Å²) in [6.07, 6.45) is 7.56. The summed E-state index contributed by atoms with van der Waals surface area (Å²) in [7, 11) is 0. The third-order valence-corrected chi connectivity index (χ3v) is 7.98. The van der Waals surface area contributed by atoms with E-state index >= 15 is 0 Å². The largest absolute Gasteiger partial charge is 0.464 e. The van der Waals surface area contributed by atoms with Gasteiger partial charge in [-0.2, -0.15) is 0 Å². The fourth-order valence-corrected chi connectivity index (χ4v) is 6.24. The molecule has 1 atom stereocenters. The van der Waals surface area contributed by atoms with E-state index in [1.165, 1.54) is 38.3 Å². The molecule has 37 heavy (non-hydrogen) atoms. The smallest absolute Gasteiger partial charge is 0.331 e. The van der Waals surface area contributed by atoms with Crippen LogP contribution in [0.3, 0.4) is 0 Å². The third kappa shape index (κ3) is 8.70. The molecule has 1 N–H and O–H groups in total. The molecule has 2 aliphatic heterocycles. The molecule has 0 aromatic heterocycles. The molecule has 212 valence electrons. The van der Waals surface area contributed by atoms with Gasteiger partial charge in [0.15, 0.2) is 0 Å². The molecule has 7 nitrogen and oxygen atoms in total. The van der Waals surface area contributed by atoms with Crippen LogP contribution in [0.25, 0.3) is 0 Å². The molecule has 1 saturated carbocycles. The topological polar surface area (TPSA) is 65.1 Å². The van der Waals surface area contributed by atoms with Crippen LogP contribution in [0.1, 0.15) is 64.4 Å². The number of ether oxygens (including phenoxy) is 1. The predicted octanol–water partition coefficient (Wildman–Crippen LogP) is 4.26. The summed E-state index contributed by atoms with van der Waals surface area (Å²) in [5.74, 6) is -0.433. The van der Waals surface area contributed by atoms with E-state index in [2.05, 4.69) is 50.3 Å². The molecule has 0 spiro atoms. The Balaban J connectivity index is 0.00000228. The number of halogens is 3. The Morgan fingerprint density at radius 3 is 2.14 bits per heavy atom. The number of amides is 1. The summed E-state index contributed by atoms with van der Waals surface area (Å²) in [4.78, 5) is 32.4. The predicted molar refractivity (Wildman–Crippen MR) is 155 cm³/mol. The number of benzene rings is 1. The van der Waals surface area contributed by atoms with E-state index in [1.54, 1.807) is 0 Å². The Morgan fingerprint density at radius 1 is 0.919 bits per heavy atom. The van der Waals surface area contributed by atoms with Crippen LogP contribution in [0.4, 0.5) is 0 Å². The van der Waals surface area contributed by atoms with Gasteiger partial charge in [0.1, 0.15) is 5.54 Å². The average molecular weight is 580 g/mol. The van der Waals surface area contributed by atoms with E-state index in [0.717, 1.165) is 45.6 Å². The summed E-state index contributed by atoms with van der Waals surface area (Å²) < 4.78 is 5.32. The number of nitrogens with one attached hydrogen (secondary N) is 1. The highest BCUT2D eigenvalue weighted by Gasteiger charge is 2.45. The molecule has 2 heterocycles. The van der Waals surface area contributed by atoms with E-state index in [9.17, 15) is 9.59 Å². The number of piperidine rings is 1. The Morgan fingerprint density at radius 2 is 1.54 bits per heavy atom. The Bertz CT molecular complexity index is 816. The quantitative estimate of drug-likeness (QED) is 0.487. The zero-order valence-electron chi connectivity index (χ0n) is 22.2. The van der Waals surface area contributed by atoms with Gasteiger partial charge in [-0.05, 0) is 64.0 Å². The van der Waals surface area contributed by atoms with Gasteiger partial charge in [-0.3, -0.25) is 19.5 Å². The molecule has 3 aliphatic rings. The summed E-state index contributed by atoms with van der Waals surface area (Å²) in [5, 5.41) is 2.93. The molecule has 1 aliphatic carbocycles. The zero-order valence-corrected chi connectivity index (χ0v) is 24.7. The third-order valence-electron chi connectivity index (χ3n) is 7.98. The number of carbonyl (C=O) groups is 2. The van der Waals surface area contributed by atoms with Gasteiger partial charge < -0.3 is 10.1 Å². The van der Waals surface area contributed by atoms with Crippen molar-refractivity contribution in [1.82, 2.24) is 20.0 Å². The summed E-state index contributed by atoms with van der Waals surface area (Å²) in [6.45, 7) is 10.2. The minimum atomic E-state index is -0.847. The van der Waals surface area contributed by atoms with Gasteiger partial charge in [0.25, 0.3) is 0 Å². The van der Waals surface area contributed by atoms with Crippen LogP contribution in [-0.2, 0) is 20.9 Å². The zero-order chi connectivity index (χ0) is 24.0. The van der Waals surface area contributed by atoms with Crippen LogP contribution >= 0.6 is 37.2 Å². The van der Waals surface area contributed by atoms with Crippen LogP contribution < -0.4 is 5.32 Å². The monoisotopic (exact) mass is 578 g/mol. The standard InChI is InChI=1S/C27H42N4O3.3ClH/c1-3-34-26(33)27(28-22(2)32)14-12-24(13-15-27)29-17-19-30(20-18-29)25-11-7-8-16-31(25)21-23-9-5-4-6-10-23;;;/h4-6,9-10,24-25H,3,7-8,11-21H2,1-2H3,(H,28,32);3*1H/t24-,25?,27+;;;. The maximum atomic E-state index is 12.7. The Kier molecular flexibility index (Phi) is 14.8. The van der Waals surface area contributed by atoms with Crippen molar-refractivity contribution in [2.75, 3.05) is 39.3 Å². The van der Waals surface area contributed by atoms with Gasteiger partial charge in [-0.1, -0.05) is 30.3 Å². The van der Waals surface area contributed by atoms with Crippen molar-refractivity contribution < 1.29 is 14.3 Å². The van der Waals surface area contributed by atoms with Gasteiger partial charge >= 0.3 is 5.97 Å². The first-order valence-electron chi connectivity index (χ1n) is 13.2. The fraction of sp³-hybridized carbons (Fsp3) is 0.704. The van der Waals surface area contributed by atoms with Crippen molar-refractivity contribution in [3.8, 4) is 0 Å². The summed E-state index contributed by atoms with van der Waals surface area (Å²) in [5.41, 5.74) is 0.555.